The molecule has 0 fully saturated rings. The maximum absolute atomic E-state index is 5.79. The van der Waals surface area contributed by atoms with Crippen LogP contribution in [0.25, 0.3) is 0 Å². The van der Waals surface area contributed by atoms with E-state index in [9.17, 15) is 0 Å². The summed E-state index contributed by atoms with van der Waals surface area (Å²) in [5.41, 5.74) is 0.0995. The van der Waals surface area contributed by atoms with E-state index in [-0.39, 0.29) is 5.67 Å². The molecular weight excluding hydrogens is 209 g/mol. The lowest BCUT2D eigenvalue weighted by Gasteiger charge is -2.20. The summed E-state index contributed by atoms with van der Waals surface area (Å²) in [6.07, 6.45) is 0.885. The molecule has 0 aliphatic heterocycles. The fraction of sp³-hybridized carbons (Fsp3) is 1.00. The summed E-state index contributed by atoms with van der Waals surface area (Å²) >= 11 is 17.4. The minimum Gasteiger partial charge on any atom is -0.313 e. The molecule has 62 valence electrons. The van der Waals surface area contributed by atoms with Crippen molar-refractivity contribution in [3.63, 3.8) is 0 Å². The Morgan fingerprint density at radius 2 is 1.80 bits per heavy atom. The van der Waals surface area contributed by atoms with E-state index < -0.39 is 6.00 Å². The molecule has 5 heteroatoms. The van der Waals surface area contributed by atoms with E-state index in [1.54, 1.807) is 0 Å². The van der Waals surface area contributed by atoms with Crippen LogP contribution in [0.4, 0.5) is 0 Å². The average Bonchev–Trinajstić information content (AvgIpc) is 1.80. The first-order valence-electron chi connectivity index (χ1n) is 3.32. The van der Waals surface area contributed by atoms with Crippen LogP contribution in [0.3, 0.4) is 0 Å². The monoisotopic (exact) mass is 219 g/mol. The van der Waals surface area contributed by atoms with Gasteiger partial charge in [-0.1, -0.05) is 13.8 Å². The van der Waals surface area contributed by atoms with Crippen molar-refractivity contribution in [2.75, 3.05) is 6.54 Å². The molecule has 0 aliphatic rings. The highest BCUT2D eigenvalue weighted by Gasteiger charge is 2.34. The Morgan fingerprint density at radius 3 is 1.90 bits per heavy atom. The van der Waals surface area contributed by atoms with E-state index in [1.807, 2.05) is 13.8 Å². The first-order chi connectivity index (χ1) is 4.52. The molecule has 0 heterocycles. The van der Waals surface area contributed by atoms with Crippen LogP contribution in [0.1, 0.15) is 20.3 Å². The molecule has 1 atom stereocenters. The molecule has 0 aromatic heterocycles. The van der Waals surface area contributed by atoms with Gasteiger partial charge in [-0.05, 0) is 13.0 Å². The van der Waals surface area contributed by atoms with E-state index in [4.69, 9.17) is 33.2 Å². The van der Waals surface area contributed by atoms with Gasteiger partial charge in [0.15, 0.2) is 0 Å². The number of halogens is 3. The summed E-state index contributed by atoms with van der Waals surface area (Å²) in [4.78, 5) is 0. The van der Waals surface area contributed by atoms with Crippen molar-refractivity contribution in [3.05, 3.63) is 0 Å². The third-order valence-electron chi connectivity index (χ3n) is 1.25. The number of nitrogens with one attached hydrogen (secondary N) is 1. The van der Waals surface area contributed by atoms with Gasteiger partial charge in [0.25, 0.3) is 0 Å². The smallest absolute Gasteiger partial charge is 0.313 e. The quantitative estimate of drug-likeness (QED) is 0.567. The summed E-state index contributed by atoms with van der Waals surface area (Å²) in [5, 5.41) is 3.14. The van der Waals surface area contributed by atoms with Crippen LogP contribution < -0.4 is 5.32 Å². The molecular formula is C5H12Cl3NSi. The Labute approximate surface area is 77.2 Å². The summed E-state index contributed by atoms with van der Waals surface area (Å²) in [7, 11) is 0. The number of hydrogen-bond acceptors (Lipinski definition) is 1. The minimum absolute atomic E-state index is 0.0995. The van der Waals surface area contributed by atoms with Gasteiger partial charge >= 0.3 is 6.00 Å². The molecule has 1 nitrogen and oxygen atoms in total. The zero-order valence-electron chi connectivity index (χ0n) is 6.13. The van der Waals surface area contributed by atoms with Crippen LogP contribution in [0, 0.1) is 0 Å². The van der Waals surface area contributed by atoms with E-state index in [2.05, 4.69) is 5.32 Å². The zero-order valence-corrected chi connectivity index (χ0v) is 9.39. The molecule has 0 rings (SSSR count). The van der Waals surface area contributed by atoms with Crippen LogP contribution in [0.15, 0.2) is 0 Å². The van der Waals surface area contributed by atoms with Crippen LogP contribution in [0.5, 0.6) is 0 Å². The molecule has 0 aromatic rings. The summed E-state index contributed by atoms with van der Waals surface area (Å²) in [6, 6.07) is -2.50. The molecule has 0 aliphatic carbocycles. The van der Waals surface area contributed by atoms with Gasteiger partial charge in [0.2, 0.25) is 0 Å². The minimum atomic E-state index is -2.50. The number of hydrogen-bond donors (Lipinski definition) is 1. The largest absolute Gasteiger partial charge is 0.357 e. The maximum atomic E-state index is 5.79. The van der Waals surface area contributed by atoms with Crippen LogP contribution in [0.2, 0.25) is 0 Å². The molecule has 0 saturated carbocycles. The molecule has 0 amide bonds. The normalized spacial score (nSPS) is 15.3. The van der Waals surface area contributed by atoms with Crippen LogP contribution in [-0.4, -0.2) is 18.2 Å². The number of rotatable bonds is 4. The highest BCUT2D eigenvalue weighted by Crippen LogP contribution is 2.25. The molecule has 1 unspecified atom stereocenters. The van der Waals surface area contributed by atoms with Gasteiger partial charge in [-0.15, -0.1) is 33.2 Å². The van der Waals surface area contributed by atoms with Crippen molar-refractivity contribution in [2.45, 2.75) is 25.9 Å². The van der Waals surface area contributed by atoms with E-state index in [0.29, 0.717) is 0 Å². The summed E-state index contributed by atoms with van der Waals surface area (Å²) in [5.74, 6) is 0. The Hall–Kier alpha value is 1.05. The lowest BCUT2D eigenvalue weighted by molar-refractivity contribution is 0.642. The highest BCUT2D eigenvalue weighted by atomic mass is 35.8. The van der Waals surface area contributed by atoms with Crippen molar-refractivity contribution in [1.29, 1.82) is 0 Å². The molecule has 0 bridgehead atoms. The van der Waals surface area contributed by atoms with E-state index in [1.165, 1.54) is 0 Å². The lowest BCUT2D eigenvalue weighted by Crippen LogP contribution is -2.43. The molecule has 0 saturated heterocycles. The Balaban J connectivity index is 3.81. The Morgan fingerprint density at radius 1 is 1.30 bits per heavy atom. The van der Waals surface area contributed by atoms with Crippen molar-refractivity contribution in [2.24, 2.45) is 0 Å². The lowest BCUT2D eigenvalue weighted by atomic mass is 10.5. The predicted octanol–water partition coefficient (Wildman–Crippen LogP) is 2.57. The second-order valence-electron chi connectivity index (χ2n) is 2.06. The molecule has 0 aromatic carbocycles. The topological polar surface area (TPSA) is 12.0 Å². The predicted molar refractivity (Wildman–Crippen MR) is 51.1 cm³/mol. The van der Waals surface area contributed by atoms with Gasteiger partial charge in [0.1, 0.15) is 0 Å². The third-order valence-corrected chi connectivity index (χ3v) is 5.03. The van der Waals surface area contributed by atoms with Gasteiger partial charge in [0, 0.05) is 5.67 Å². The van der Waals surface area contributed by atoms with Crippen molar-refractivity contribution in [3.8, 4) is 0 Å². The van der Waals surface area contributed by atoms with Gasteiger partial charge in [0.05, 0.1) is 0 Å². The Bertz CT molecular complexity index is 93.4. The molecule has 0 radical (unpaired) electrons. The first kappa shape index (κ1) is 11.0. The standard InChI is InChI=1S/C5H12Cl3NSi/c1-3-5(9-4-2)10(6,7)8/h5,9H,3-4H2,1-2H3. The molecule has 0 spiro atoms. The van der Waals surface area contributed by atoms with E-state index in [0.717, 1.165) is 13.0 Å². The summed E-state index contributed by atoms with van der Waals surface area (Å²) < 4.78 is 0. The van der Waals surface area contributed by atoms with Gasteiger partial charge < -0.3 is 5.32 Å². The fourth-order valence-corrected chi connectivity index (χ4v) is 3.72. The zero-order chi connectivity index (χ0) is 8.20. The summed E-state index contributed by atoms with van der Waals surface area (Å²) in [6.45, 7) is 4.88. The highest BCUT2D eigenvalue weighted by molar-refractivity contribution is 7.65. The first-order valence-corrected chi connectivity index (χ1v) is 8.43. The molecule has 10 heavy (non-hydrogen) atoms. The van der Waals surface area contributed by atoms with Crippen molar-refractivity contribution in [1.82, 2.24) is 5.32 Å². The average molecular weight is 221 g/mol. The van der Waals surface area contributed by atoms with Gasteiger partial charge in [-0.2, -0.15) is 0 Å². The van der Waals surface area contributed by atoms with Gasteiger partial charge in [-0.25, -0.2) is 0 Å². The second-order valence-corrected chi connectivity index (χ2v) is 10.9. The van der Waals surface area contributed by atoms with E-state index >= 15 is 0 Å². The van der Waals surface area contributed by atoms with Crippen molar-refractivity contribution >= 4 is 39.2 Å². The van der Waals surface area contributed by atoms with Gasteiger partial charge in [-0.3, -0.25) is 0 Å². The maximum Gasteiger partial charge on any atom is 0.357 e. The SMILES string of the molecule is CCNC(CC)[Si](Cl)(Cl)Cl. The van der Waals surface area contributed by atoms with Crippen molar-refractivity contribution < 1.29 is 0 Å². The Kier molecular flexibility index (Phi) is 5.34. The molecule has 1 N–H and O–H groups in total. The third kappa shape index (κ3) is 4.04. The van der Waals surface area contributed by atoms with Crippen LogP contribution >= 0.6 is 33.2 Å². The fourth-order valence-electron chi connectivity index (χ4n) is 0.738. The van der Waals surface area contributed by atoms with Crippen LogP contribution in [-0.2, 0) is 0 Å². The second kappa shape index (κ2) is 4.83.